The van der Waals surface area contributed by atoms with Crippen molar-refractivity contribution in [2.75, 3.05) is 25.5 Å². The van der Waals surface area contributed by atoms with Gasteiger partial charge < -0.3 is 19.5 Å². The number of anilines is 1. The first-order chi connectivity index (χ1) is 15.5. The minimum absolute atomic E-state index is 0.105. The van der Waals surface area contributed by atoms with Gasteiger partial charge in [0.25, 0.3) is 11.5 Å². The molecule has 0 spiro atoms. The van der Waals surface area contributed by atoms with Gasteiger partial charge in [0, 0.05) is 54.3 Å². The highest BCUT2D eigenvalue weighted by atomic mass is 16.5. The molecule has 3 aromatic rings. The van der Waals surface area contributed by atoms with Crippen molar-refractivity contribution in [1.82, 2.24) is 9.47 Å². The number of ether oxygens (including phenoxy) is 1. The van der Waals surface area contributed by atoms with Crippen molar-refractivity contribution in [2.45, 2.75) is 32.7 Å². The van der Waals surface area contributed by atoms with Crippen molar-refractivity contribution in [1.29, 1.82) is 0 Å². The second-order valence-electron chi connectivity index (χ2n) is 8.06. The molecule has 7 nitrogen and oxygen atoms in total. The van der Waals surface area contributed by atoms with E-state index >= 15 is 0 Å². The number of pyridine rings is 1. The number of benzene rings is 2. The third-order valence-electron chi connectivity index (χ3n) is 5.92. The van der Waals surface area contributed by atoms with Gasteiger partial charge in [0.1, 0.15) is 5.75 Å². The van der Waals surface area contributed by atoms with E-state index in [9.17, 15) is 14.4 Å². The first-order valence-corrected chi connectivity index (χ1v) is 10.8. The lowest BCUT2D eigenvalue weighted by molar-refractivity contribution is -0.127. The predicted octanol–water partition coefficient (Wildman–Crippen LogP) is 3.58. The maximum Gasteiger partial charge on any atom is 0.258 e. The number of aromatic nitrogens is 1. The Hall–Kier alpha value is -3.61. The van der Waals surface area contributed by atoms with Crippen LogP contribution in [-0.2, 0) is 11.3 Å². The van der Waals surface area contributed by atoms with Crippen LogP contribution < -0.4 is 15.6 Å². The molecular formula is C25H27N3O4. The molecule has 7 heteroatoms. The fourth-order valence-electron chi connectivity index (χ4n) is 4.19. The average molecular weight is 434 g/mol. The van der Waals surface area contributed by atoms with E-state index in [2.05, 4.69) is 5.32 Å². The Morgan fingerprint density at radius 1 is 1.09 bits per heavy atom. The second-order valence-corrected chi connectivity index (χ2v) is 8.06. The van der Waals surface area contributed by atoms with Crippen LogP contribution in [0.1, 0.15) is 35.2 Å². The topological polar surface area (TPSA) is 80.6 Å². The number of hydrogen-bond acceptors (Lipinski definition) is 4. The first kappa shape index (κ1) is 21.6. The molecule has 1 saturated heterocycles. The van der Waals surface area contributed by atoms with Gasteiger partial charge in [-0.1, -0.05) is 6.07 Å². The quantitative estimate of drug-likeness (QED) is 0.618. The number of fused-ring (bicyclic) bond motifs is 1. The number of nitrogens with zero attached hydrogens (tertiary/aromatic N) is 2. The van der Waals surface area contributed by atoms with E-state index < -0.39 is 0 Å². The lowest BCUT2D eigenvalue weighted by atomic mass is 10.1. The Morgan fingerprint density at radius 3 is 2.66 bits per heavy atom. The van der Waals surface area contributed by atoms with Crippen molar-refractivity contribution >= 4 is 28.3 Å². The molecule has 32 heavy (non-hydrogen) atoms. The van der Waals surface area contributed by atoms with Gasteiger partial charge in [0.15, 0.2) is 0 Å². The van der Waals surface area contributed by atoms with Gasteiger partial charge >= 0.3 is 0 Å². The summed E-state index contributed by atoms with van der Waals surface area (Å²) < 4.78 is 6.92. The van der Waals surface area contributed by atoms with Crippen molar-refractivity contribution < 1.29 is 14.3 Å². The molecule has 0 radical (unpaired) electrons. The van der Waals surface area contributed by atoms with Crippen molar-refractivity contribution in [3.63, 3.8) is 0 Å². The van der Waals surface area contributed by atoms with Crippen LogP contribution in [0.15, 0.2) is 53.5 Å². The number of carbonyl (C=O) groups excluding carboxylic acids is 2. The molecule has 1 aliphatic rings. The Bertz CT molecular complexity index is 1230. The predicted molar refractivity (Wildman–Crippen MR) is 124 cm³/mol. The van der Waals surface area contributed by atoms with Crippen LogP contribution >= 0.6 is 0 Å². The molecule has 0 saturated carbocycles. The summed E-state index contributed by atoms with van der Waals surface area (Å²) in [4.78, 5) is 39.4. The summed E-state index contributed by atoms with van der Waals surface area (Å²) in [6.45, 7) is 3.90. The number of rotatable bonds is 7. The van der Waals surface area contributed by atoms with Crippen molar-refractivity contribution in [2.24, 2.45) is 0 Å². The minimum Gasteiger partial charge on any atom is -0.496 e. The van der Waals surface area contributed by atoms with E-state index in [1.165, 1.54) is 0 Å². The third-order valence-corrected chi connectivity index (χ3v) is 5.92. The smallest absolute Gasteiger partial charge is 0.258 e. The number of amides is 2. The third kappa shape index (κ3) is 4.37. The highest BCUT2D eigenvalue weighted by Crippen LogP contribution is 2.23. The SMILES string of the molecule is COc1ccc(C(=O)Nc2cccc3c(=O)n(CCCN4CCCC4=O)ccc23)cc1C. The number of aryl methyl sites for hydroxylation is 2. The zero-order valence-electron chi connectivity index (χ0n) is 18.4. The molecule has 0 unspecified atom stereocenters. The zero-order valence-corrected chi connectivity index (χ0v) is 18.4. The second kappa shape index (κ2) is 9.26. The molecule has 166 valence electrons. The summed E-state index contributed by atoms with van der Waals surface area (Å²) in [6.07, 6.45) is 4.02. The van der Waals surface area contributed by atoms with E-state index in [1.54, 1.807) is 54.3 Å². The largest absolute Gasteiger partial charge is 0.496 e. The number of hydrogen-bond donors (Lipinski definition) is 1. The summed E-state index contributed by atoms with van der Waals surface area (Å²) in [5.41, 5.74) is 1.88. The lowest BCUT2D eigenvalue weighted by Gasteiger charge is -2.16. The van der Waals surface area contributed by atoms with Crippen LogP contribution in [-0.4, -0.2) is 41.5 Å². The van der Waals surface area contributed by atoms with Gasteiger partial charge in [-0.15, -0.1) is 0 Å². The van der Waals surface area contributed by atoms with Gasteiger partial charge in [-0.05, 0) is 61.7 Å². The number of methoxy groups -OCH3 is 1. The zero-order chi connectivity index (χ0) is 22.7. The van der Waals surface area contributed by atoms with E-state index in [0.29, 0.717) is 41.5 Å². The van der Waals surface area contributed by atoms with Gasteiger partial charge in [-0.3, -0.25) is 14.4 Å². The molecule has 4 rings (SSSR count). The molecule has 1 N–H and O–H groups in total. The van der Waals surface area contributed by atoms with Crippen LogP contribution in [0.2, 0.25) is 0 Å². The highest BCUT2D eigenvalue weighted by molar-refractivity contribution is 6.09. The van der Waals surface area contributed by atoms with Crippen LogP contribution in [0.4, 0.5) is 5.69 Å². The molecule has 0 bridgehead atoms. The Kier molecular flexibility index (Phi) is 6.25. The molecule has 1 aliphatic heterocycles. The molecule has 0 aliphatic carbocycles. The van der Waals surface area contributed by atoms with Gasteiger partial charge in [-0.2, -0.15) is 0 Å². The molecule has 1 fully saturated rings. The maximum atomic E-state index is 13.0. The summed E-state index contributed by atoms with van der Waals surface area (Å²) >= 11 is 0. The molecular weight excluding hydrogens is 406 g/mol. The normalized spacial score (nSPS) is 13.6. The standard InChI is InChI=1S/C25H27N3O4/c1-17-16-18(9-10-22(17)32-2)24(30)26-21-7-3-6-20-19(21)11-15-28(25(20)31)14-5-13-27-12-4-8-23(27)29/h3,6-7,9-11,15-16H,4-5,8,12-14H2,1-2H3,(H,26,30). The summed E-state index contributed by atoms with van der Waals surface area (Å²) in [7, 11) is 1.59. The molecule has 0 atom stereocenters. The molecule has 1 aromatic heterocycles. The fraction of sp³-hybridized carbons (Fsp3) is 0.320. The van der Waals surface area contributed by atoms with Crippen molar-refractivity contribution in [3.05, 3.63) is 70.1 Å². The lowest BCUT2D eigenvalue weighted by Crippen LogP contribution is -2.28. The first-order valence-electron chi connectivity index (χ1n) is 10.8. The summed E-state index contributed by atoms with van der Waals surface area (Å²) in [6, 6.07) is 12.4. The van der Waals surface area contributed by atoms with E-state index in [-0.39, 0.29) is 17.4 Å². The van der Waals surface area contributed by atoms with Crippen LogP contribution in [0.3, 0.4) is 0 Å². The Morgan fingerprint density at radius 2 is 1.94 bits per heavy atom. The summed E-state index contributed by atoms with van der Waals surface area (Å²) in [5, 5.41) is 4.17. The highest BCUT2D eigenvalue weighted by Gasteiger charge is 2.19. The van der Waals surface area contributed by atoms with Gasteiger partial charge in [-0.25, -0.2) is 0 Å². The summed E-state index contributed by atoms with van der Waals surface area (Å²) in [5.74, 6) is 0.673. The Labute approximate surface area is 186 Å². The van der Waals surface area contributed by atoms with E-state index in [1.807, 2.05) is 17.9 Å². The van der Waals surface area contributed by atoms with Gasteiger partial charge in [0.05, 0.1) is 7.11 Å². The van der Waals surface area contributed by atoms with Crippen LogP contribution in [0, 0.1) is 6.92 Å². The molecule has 2 amide bonds. The fourth-order valence-corrected chi connectivity index (χ4v) is 4.19. The van der Waals surface area contributed by atoms with E-state index in [4.69, 9.17) is 4.74 Å². The van der Waals surface area contributed by atoms with E-state index in [0.717, 1.165) is 30.7 Å². The van der Waals surface area contributed by atoms with Crippen molar-refractivity contribution in [3.8, 4) is 5.75 Å². The molecule has 2 aromatic carbocycles. The maximum absolute atomic E-state index is 13.0. The van der Waals surface area contributed by atoms with Crippen LogP contribution in [0.5, 0.6) is 5.75 Å². The average Bonchev–Trinajstić information content (AvgIpc) is 3.20. The monoisotopic (exact) mass is 433 g/mol. The molecule has 2 heterocycles. The van der Waals surface area contributed by atoms with Crippen LogP contribution in [0.25, 0.3) is 10.8 Å². The number of nitrogens with one attached hydrogen (secondary N) is 1. The number of carbonyl (C=O) groups is 2. The number of likely N-dealkylation sites (tertiary alicyclic amines) is 1. The Balaban J connectivity index is 1.51. The minimum atomic E-state index is -0.247. The van der Waals surface area contributed by atoms with Gasteiger partial charge in [0.2, 0.25) is 5.91 Å².